The summed E-state index contributed by atoms with van der Waals surface area (Å²) in [6.07, 6.45) is 0.360. The summed E-state index contributed by atoms with van der Waals surface area (Å²) in [5, 5.41) is 11.8. The van der Waals surface area contributed by atoms with E-state index in [2.05, 4.69) is 5.32 Å². The average molecular weight is 388 g/mol. The second kappa shape index (κ2) is 9.59. The number of aromatic carboxylic acids is 1. The van der Waals surface area contributed by atoms with Crippen LogP contribution in [-0.4, -0.2) is 47.5 Å². The Morgan fingerprint density at radius 3 is 2.43 bits per heavy atom. The quantitative estimate of drug-likeness (QED) is 0.683. The summed E-state index contributed by atoms with van der Waals surface area (Å²) >= 11 is 0. The summed E-state index contributed by atoms with van der Waals surface area (Å²) in [7, 11) is 0. The van der Waals surface area contributed by atoms with Gasteiger partial charge >= 0.3 is 5.97 Å². The normalized spacial score (nSPS) is 10.4. The van der Waals surface area contributed by atoms with Crippen LogP contribution >= 0.6 is 0 Å². The first-order valence-corrected chi connectivity index (χ1v) is 9.07. The molecule has 8 nitrogen and oxygen atoms in total. The smallest absolute Gasteiger partial charge is 0.339 e. The van der Waals surface area contributed by atoms with Crippen LogP contribution in [0.25, 0.3) is 0 Å². The molecule has 0 saturated heterocycles. The lowest BCUT2D eigenvalue weighted by atomic mass is 10.2. The van der Waals surface area contributed by atoms with Crippen LogP contribution in [0.15, 0.2) is 34.7 Å². The van der Waals surface area contributed by atoms with Gasteiger partial charge in [0, 0.05) is 37.3 Å². The number of hydrogen-bond acceptors (Lipinski definition) is 5. The third-order valence-electron chi connectivity index (χ3n) is 4.15. The van der Waals surface area contributed by atoms with Crippen LogP contribution in [0.5, 0.6) is 5.75 Å². The SMILES string of the molecule is CCc1oc(C(=O)Nc2cccc(OCC(=O)N(CC)CC)c2)cc1C(=O)O. The molecule has 0 aliphatic heterocycles. The van der Waals surface area contributed by atoms with Crippen molar-refractivity contribution in [3.63, 3.8) is 0 Å². The van der Waals surface area contributed by atoms with Crippen LogP contribution in [0.2, 0.25) is 0 Å². The van der Waals surface area contributed by atoms with Gasteiger partial charge in [-0.15, -0.1) is 0 Å². The molecule has 2 amide bonds. The van der Waals surface area contributed by atoms with Gasteiger partial charge in [0.2, 0.25) is 0 Å². The highest BCUT2D eigenvalue weighted by atomic mass is 16.5. The molecule has 0 fully saturated rings. The van der Waals surface area contributed by atoms with Crippen molar-refractivity contribution in [3.05, 3.63) is 47.4 Å². The van der Waals surface area contributed by atoms with Crippen molar-refractivity contribution in [2.45, 2.75) is 27.2 Å². The molecular weight excluding hydrogens is 364 g/mol. The predicted octanol–water partition coefficient (Wildman–Crippen LogP) is 3.04. The Hall–Kier alpha value is -3.29. The van der Waals surface area contributed by atoms with Crippen molar-refractivity contribution < 1.29 is 28.6 Å². The summed E-state index contributed by atoms with van der Waals surface area (Å²) in [6, 6.07) is 7.79. The Bertz CT molecular complexity index is 854. The summed E-state index contributed by atoms with van der Waals surface area (Å²) < 4.78 is 10.9. The minimum Gasteiger partial charge on any atom is -0.484 e. The minimum atomic E-state index is -1.15. The molecule has 0 aliphatic carbocycles. The number of anilines is 1. The Morgan fingerprint density at radius 2 is 1.86 bits per heavy atom. The maximum Gasteiger partial charge on any atom is 0.339 e. The van der Waals surface area contributed by atoms with Gasteiger partial charge in [0.15, 0.2) is 12.4 Å². The van der Waals surface area contributed by atoms with Crippen LogP contribution in [0.3, 0.4) is 0 Å². The number of carboxylic acid groups (broad SMARTS) is 1. The lowest BCUT2D eigenvalue weighted by Crippen LogP contribution is -2.34. The lowest BCUT2D eigenvalue weighted by Gasteiger charge is -2.18. The van der Waals surface area contributed by atoms with Crippen LogP contribution < -0.4 is 10.1 Å². The molecule has 0 aliphatic rings. The molecule has 2 aromatic rings. The highest BCUT2D eigenvalue weighted by Crippen LogP contribution is 2.21. The number of rotatable bonds is 9. The molecule has 0 bridgehead atoms. The number of carboxylic acids is 1. The Labute approximate surface area is 163 Å². The molecule has 0 spiro atoms. The van der Waals surface area contributed by atoms with Gasteiger partial charge in [-0.3, -0.25) is 9.59 Å². The van der Waals surface area contributed by atoms with Crippen molar-refractivity contribution in [1.82, 2.24) is 4.90 Å². The molecule has 28 heavy (non-hydrogen) atoms. The average Bonchev–Trinajstić information content (AvgIpc) is 3.12. The largest absolute Gasteiger partial charge is 0.484 e. The number of carbonyl (C=O) groups is 3. The fourth-order valence-electron chi connectivity index (χ4n) is 2.65. The van der Waals surface area contributed by atoms with Crippen molar-refractivity contribution in [1.29, 1.82) is 0 Å². The van der Waals surface area contributed by atoms with Gasteiger partial charge in [-0.05, 0) is 26.0 Å². The van der Waals surface area contributed by atoms with E-state index in [1.807, 2.05) is 13.8 Å². The monoisotopic (exact) mass is 388 g/mol. The molecule has 1 heterocycles. The van der Waals surface area contributed by atoms with Crippen molar-refractivity contribution in [3.8, 4) is 5.75 Å². The number of ether oxygens (including phenoxy) is 1. The first-order valence-electron chi connectivity index (χ1n) is 9.07. The summed E-state index contributed by atoms with van der Waals surface area (Å²) in [6.45, 7) is 6.65. The van der Waals surface area contributed by atoms with E-state index < -0.39 is 11.9 Å². The van der Waals surface area contributed by atoms with E-state index in [-0.39, 0.29) is 29.6 Å². The first-order chi connectivity index (χ1) is 13.4. The molecule has 2 rings (SSSR count). The lowest BCUT2D eigenvalue weighted by molar-refractivity contribution is -0.132. The summed E-state index contributed by atoms with van der Waals surface area (Å²) in [5.74, 6) is -1.25. The summed E-state index contributed by atoms with van der Waals surface area (Å²) in [5.41, 5.74) is 0.406. The Balaban J connectivity index is 2.05. The molecule has 0 atom stereocenters. The van der Waals surface area contributed by atoms with E-state index in [0.717, 1.165) is 0 Å². The maximum absolute atomic E-state index is 12.4. The molecule has 0 unspecified atom stereocenters. The zero-order valence-corrected chi connectivity index (χ0v) is 16.2. The molecule has 2 N–H and O–H groups in total. The van der Waals surface area contributed by atoms with Crippen LogP contribution in [0.1, 0.15) is 47.4 Å². The van der Waals surface area contributed by atoms with Crippen molar-refractivity contribution in [2.75, 3.05) is 25.0 Å². The Kier molecular flexibility index (Phi) is 7.20. The number of furan rings is 1. The molecule has 1 aromatic carbocycles. The fourth-order valence-corrected chi connectivity index (χ4v) is 2.65. The third kappa shape index (κ3) is 5.12. The number of carbonyl (C=O) groups excluding carboxylic acids is 2. The second-order valence-electron chi connectivity index (χ2n) is 5.94. The first kappa shape index (κ1) is 21.0. The number of hydrogen-bond donors (Lipinski definition) is 2. The third-order valence-corrected chi connectivity index (χ3v) is 4.15. The second-order valence-corrected chi connectivity index (χ2v) is 5.94. The van der Waals surface area contributed by atoms with E-state index in [0.29, 0.717) is 30.9 Å². The Morgan fingerprint density at radius 1 is 1.14 bits per heavy atom. The highest BCUT2D eigenvalue weighted by molar-refractivity contribution is 6.04. The number of benzene rings is 1. The number of nitrogens with one attached hydrogen (secondary N) is 1. The molecule has 0 radical (unpaired) electrons. The van der Waals surface area contributed by atoms with Crippen LogP contribution in [0, 0.1) is 0 Å². The van der Waals surface area contributed by atoms with Gasteiger partial charge in [-0.25, -0.2) is 4.79 Å². The highest BCUT2D eigenvalue weighted by Gasteiger charge is 2.20. The van der Waals surface area contributed by atoms with Gasteiger partial charge in [0.05, 0.1) is 0 Å². The topological polar surface area (TPSA) is 109 Å². The van der Waals surface area contributed by atoms with Crippen LogP contribution in [-0.2, 0) is 11.2 Å². The van der Waals surface area contributed by atoms with Gasteiger partial charge in [-0.2, -0.15) is 0 Å². The van der Waals surface area contributed by atoms with Gasteiger partial charge in [0.1, 0.15) is 17.1 Å². The van der Waals surface area contributed by atoms with E-state index in [1.54, 1.807) is 36.1 Å². The molecule has 0 saturated carbocycles. The zero-order valence-electron chi connectivity index (χ0n) is 16.2. The maximum atomic E-state index is 12.4. The predicted molar refractivity (Wildman–Crippen MR) is 103 cm³/mol. The number of amides is 2. The van der Waals surface area contributed by atoms with E-state index in [1.165, 1.54) is 6.07 Å². The molecule has 1 aromatic heterocycles. The zero-order chi connectivity index (χ0) is 20.7. The molecule has 150 valence electrons. The van der Waals surface area contributed by atoms with Crippen molar-refractivity contribution in [2.24, 2.45) is 0 Å². The fraction of sp³-hybridized carbons (Fsp3) is 0.350. The van der Waals surface area contributed by atoms with E-state index in [9.17, 15) is 14.4 Å². The number of aryl methyl sites for hydroxylation is 1. The van der Waals surface area contributed by atoms with E-state index in [4.69, 9.17) is 14.3 Å². The van der Waals surface area contributed by atoms with Gasteiger partial charge in [0.25, 0.3) is 11.8 Å². The van der Waals surface area contributed by atoms with Gasteiger partial charge in [-0.1, -0.05) is 13.0 Å². The number of likely N-dealkylation sites (N-methyl/N-ethyl adjacent to an activating group) is 1. The minimum absolute atomic E-state index is 0.0281. The van der Waals surface area contributed by atoms with E-state index >= 15 is 0 Å². The summed E-state index contributed by atoms with van der Waals surface area (Å²) in [4.78, 5) is 37.2. The molecular formula is C20H24N2O6. The molecule has 8 heteroatoms. The standard InChI is InChI=1S/C20H24N2O6/c1-4-16-15(20(25)26)11-17(28-16)19(24)21-13-8-7-9-14(10-13)27-12-18(23)22(5-2)6-3/h7-11H,4-6,12H2,1-3H3,(H,21,24)(H,25,26). The van der Waals surface area contributed by atoms with Crippen LogP contribution in [0.4, 0.5) is 5.69 Å². The van der Waals surface area contributed by atoms with Crippen molar-refractivity contribution >= 4 is 23.5 Å². The number of nitrogens with zero attached hydrogens (tertiary/aromatic N) is 1. The van der Waals surface area contributed by atoms with Gasteiger partial charge < -0.3 is 24.5 Å².